The molecule has 0 saturated heterocycles. The van der Waals surface area contributed by atoms with Crippen LogP contribution in [0, 0.1) is 0 Å². The van der Waals surface area contributed by atoms with Crippen molar-refractivity contribution in [2.24, 2.45) is 0 Å². The molecule has 0 radical (unpaired) electrons. The molecule has 0 fully saturated rings. The van der Waals surface area contributed by atoms with Crippen molar-refractivity contribution in [3.05, 3.63) is 71.7 Å². The Bertz CT molecular complexity index is 980. The number of hydrogen-bond donors (Lipinski definition) is 1. The predicted octanol–water partition coefficient (Wildman–Crippen LogP) is 4.38. The number of amides is 1. The highest BCUT2D eigenvalue weighted by atomic mass is 16.5. The quantitative estimate of drug-likeness (QED) is 0.563. The molecule has 1 amide bonds. The summed E-state index contributed by atoms with van der Waals surface area (Å²) in [6, 6.07) is 15.7. The zero-order valence-electron chi connectivity index (χ0n) is 17.4. The number of rotatable bonds is 9. The minimum absolute atomic E-state index is 0.206. The standard InChI is InChI=1S/C23H25NO6/c1-15(20-13-18(27-3)9-11-21(20)28-4)24-23(25)22-12-10-19(30-22)14-29-17-7-5-16(26-2)6-8-17/h5-13,15H,14H2,1-4H3,(H,24,25). The third-order valence-electron chi connectivity index (χ3n) is 4.58. The van der Waals surface area contributed by atoms with Gasteiger partial charge in [-0.15, -0.1) is 0 Å². The van der Waals surface area contributed by atoms with Crippen molar-refractivity contribution in [3.63, 3.8) is 0 Å². The lowest BCUT2D eigenvalue weighted by atomic mass is 10.1. The first-order valence-corrected chi connectivity index (χ1v) is 9.42. The fraction of sp³-hybridized carbons (Fsp3) is 0.261. The van der Waals surface area contributed by atoms with E-state index in [0.29, 0.717) is 23.0 Å². The molecule has 1 atom stereocenters. The van der Waals surface area contributed by atoms with Gasteiger partial charge in [-0.25, -0.2) is 0 Å². The van der Waals surface area contributed by atoms with Crippen LogP contribution in [0.3, 0.4) is 0 Å². The Morgan fingerprint density at radius 2 is 1.57 bits per heavy atom. The van der Waals surface area contributed by atoms with E-state index in [1.54, 1.807) is 57.7 Å². The number of ether oxygens (including phenoxy) is 4. The van der Waals surface area contributed by atoms with Crippen LogP contribution in [0.2, 0.25) is 0 Å². The Morgan fingerprint density at radius 1 is 0.900 bits per heavy atom. The fourth-order valence-corrected chi connectivity index (χ4v) is 2.93. The van der Waals surface area contributed by atoms with Crippen LogP contribution in [-0.4, -0.2) is 27.2 Å². The van der Waals surface area contributed by atoms with Crippen LogP contribution >= 0.6 is 0 Å². The number of furan rings is 1. The van der Waals surface area contributed by atoms with Crippen LogP contribution in [0.4, 0.5) is 0 Å². The van der Waals surface area contributed by atoms with Gasteiger partial charge in [0.05, 0.1) is 27.4 Å². The Balaban J connectivity index is 1.61. The molecule has 0 aliphatic carbocycles. The second-order valence-electron chi connectivity index (χ2n) is 6.53. The number of benzene rings is 2. The van der Waals surface area contributed by atoms with Crippen molar-refractivity contribution >= 4 is 5.91 Å². The molecular formula is C23H25NO6. The molecule has 1 heterocycles. The lowest BCUT2D eigenvalue weighted by molar-refractivity contribution is 0.0907. The highest BCUT2D eigenvalue weighted by Crippen LogP contribution is 2.29. The molecule has 3 rings (SSSR count). The summed E-state index contributed by atoms with van der Waals surface area (Å²) in [5, 5.41) is 2.92. The van der Waals surface area contributed by atoms with Crippen LogP contribution in [-0.2, 0) is 6.61 Å². The van der Waals surface area contributed by atoms with Gasteiger partial charge in [-0.2, -0.15) is 0 Å². The summed E-state index contributed by atoms with van der Waals surface area (Å²) in [6.45, 7) is 2.07. The fourth-order valence-electron chi connectivity index (χ4n) is 2.93. The van der Waals surface area contributed by atoms with Crippen LogP contribution < -0.4 is 24.3 Å². The van der Waals surface area contributed by atoms with Gasteiger partial charge in [-0.3, -0.25) is 4.79 Å². The van der Waals surface area contributed by atoms with Crippen LogP contribution in [0.25, 0.3) is 0 Å². The minimum atomic E-state index is -0.330. The number of hydrogen-bond acceptors (Lipinski definition) is 6. The van der Waals surface area contributed by atoms with Gasteiger partial charge in [-0.05, 0) is 61.5 Å². The van der Waals surface area contributed by atoms with E-state index < -0.39 is 0 Å². The maximum absolute atomic E-state index is 12.6. The van der Waals surface area contributed by atoms with Crippen molar-refractivity contribution in [1.82, 2.24) is 5.32 Å². The summed E-state index contributed by atoms with van der Waals surface area (Å²) >= 11 is 0. The molecule has 30 heavy (non-hydrogen) atoms. The maximum Gasteiger partial charge on any atom is 0.287 e. The van der Waals surface area contributed by atoms with Gasteiger partial charge in [0.2, 0.25) is 0 Å². The first-order chi connectivity index (χ1) is 14.5. The van der Waals surface area contributed by atoms with Crippen LogP contribution in [0.15, 0.2) is 59.0 Å². The van der Waals surface area contributed by atoms with Crippen molar-refractivity contribution in [3.8, 4) is 23.0 Å². The highest BCUT2D eigenvalue weighted by Gasteiger charge is 2.18. The van der Waals surface area contributed by atoms with Gasteiger partial charge in [0.25, 0.3) is 5.91 Å². The largest absolute Gasteiger partial charge is 0.497 e. The van der Waals surface area contributed by atoms with E-state index in [-0.39, 0.29) is 24.3 Å². The summed E-state index contributed by atoms with van der Waals surface area (Å²) in [5.41, 5.74) is 0.805. The molecule has 7 heteroatoms. The number of methoxy groups -OCH3 is 3. The monoisotopic (exact) mass is 411 g/mol. The SMILES string of the molecule is COc1ccc(OCc2ccc(C(=O)NC(C)c3cc(OC)ccc3OC)o2)cc1. The van der Waals surface area contributed by atoms with Crippen LogP contribution in [0.1, 0.15) is 34.8 Å². The molecule has 0 aliphatic rings. The molecule has 1 N–H and O–H groups in total. The van der Waals surface area contributed by atoms with Crippen molar-refractivity contribution in [2.75, 3.05) is 21.3 Å². The van der Waals surface area contributed by atoms with E-state index in [2.05, 4.69) is 5.32 Å². The molecule has 0 bridgehead atoms. The first kappa shape index (κ1) is 21.1. The van der Waals surface area contributed by atoms with Gasteiger partial charge in [0.15, 0.2) is 5.76 Å². The second-order valence-corrected chi connectivity index (χ2v) is 6.53. The highest BCUT2D eigenvalue weighted by molar-refractivity contribution is 5.91. The third-order valence-corrected chi connectivity index (χ3v) is 4.58. The number of carbonyl (C=O) groups is 1. The molecule has 1 unspecified atom stereocenters. The maximum atomic E-state index is 12.6. The first-order valence-electron chi connectivity index (χ1n) is 9.42. The Hall–Kier alpha value is -3.61. The van der Waals surface area contributed by atoms with Gasteiger partial charge in [0.1, 0.15) is 35.4 Å². The molecule has 7 nitrogen and oxygen atoms in total. The number of carbonyl (C=O) groups excluding carboxylic acids is 1. The second kappa shape index (κ2) is 9.73. The van der Waals surface area contributed by atoms with E-state index in [1.165, 1.54) is 0 Å². The number of nitrogens with one attached hydrogen (secondary N) is 1. The summed E-state index contributed by atoms with van der Waals surface area (Å²) in [4.78, 5) is 12.6. The van der Waals surface area contributed by atoms with E-state index in [1.807, 2.05) is 25.1 Å². The minimum Gasteiger partial charge on any atom is -0.497 e. The van der Waals surface area contributed by atoms with Crippen molar-refractivity contribution in [2.45, 2.75) is 19.6 Å². The topological polar surface area (TPSA) is 79.2 Å². The van der Waals surface area contributed by atoms with Gasteiger partial charge >= 0.3 is 0 Å². The Morgan fingerprint density at radius 3 is 2.23 bits per heavy atom. The summed E-state index contributed by atoms with van der Waals surface area (Å²) in [6.07, 6.45) is 0. The van der Waals surface area contributed by atoms with Gasteiger partial charge < -0.3 is 28.7 Å². The third kappa shape index (κ3) is 5.05. The molecule has 0 aliphatic heterocycles. The van der Waals surface area contributed by atoms with E-state index >= 15 is 0 Å². The molecule has 3 aromatic rings. The van der Waals surface area contributed by atoms with E-state index in [0.717, 1.165) is 11.3 Å². The van der Waals surface area contributed by atoms with E-state index in [4.69, 9.17) is 23.4 Å². The van der Waals surface area contributed by atoms with Crippen LogP contribution in [0.5, 0.6) is 23.0 Å². The average Bonchev–Trinajstić information content (AvgIpc) is 3.26. The smallest absolute Gasteiger partial charge is 0.287 e. The van der Waals surface area contributed by atoms with Crippen molar-refractivity contribution < 1.29 is 28.2 Å². The van der Waals surface area contributed by atoms with Crippen molar-refractivity contribution in [1.29, 1.82) is 0 Å². The van der Waals surface area contributed by atoms with Gasteiger partial charge in [0, 0.05) is 5.56 Å². The summed E-state index contributed by atoms with van der Waals surface area (Å²) in [7, 11) is 4.78. The molecule has 0 spiro atoms. The zero-order valence-corrected chi connectivity index (χ0v) is 17.4. The average molecular weight is 411 g/mol. The summed E-state index contributed by atoms with van der Waals surface area (Å²) in [5.74, 6) is 3.19. The molecular weight excluding hydrogens is 386 g/mol. The zero-order chi connectivity index (χ0) is 21.5. The lowest BCUT2D eigenvalue weighted by Gasteiger charge is -2.17. The molecule has 1 aromatic heterocycles. The normalized spacial score (nSPS) is 11.5. The predicted molar refractivity (Wildman–Crippen MR) is 111 cm³/mol. The Kier molecular flexibility index (Phi) is 6.85. The molecule has 2 aromatic carbocycles. The van der Waals surface area contributed by atoms with E-state index in [9.17, 15) is 4.79 Å². The molecule has 158 valence electrons. The lowest BCUT2D eigenvalue weighted by Crippen LogP contribution is -2.26. The van der Waals surface area contributed by atoms with Gasteiger partial charge in [-0.1, -0.05) is 0 Å². The summed E-state index contributed by atoms with van der Waals surface area (Å²) < 4.78 is 27.1. The Labute approximate surface area is 175 Å². The molecule has 0 saturated carbocycles.